The van der Waals surface area contributed by atoms with E-state index >= 15 is 0 Å². The summed E-state index contributed by atoms with van der Waals surface area (Å²) in [6.07, 6.45) is -0.663. The maximum atomic E-state index is 12.0. The Hall–Kier alpha value is -1.65. The van der Waals surface area contributed by atoms with Gasteiger partial charge in [0.15, 0.2) is 0 Å². The van der Waals surface area contributed by atoms with Crippen LogP contribution in [0.5, 0.6) is 5.75 Å². The maximum Gasteiger partial charge on any atom is 0.304 e. The van der Waals surface area contributed by atoms with Gasteiger partial charge >= 0.3 is 5.97 Å². The average Bonchev–Trinajstić information content (AvgIpc) is 3.07. The Morgan fingerprint density at radius 3 is 2.39 bits per heavy atom. The summed E-state index contributed by atoms with van der Waals surface area (Å²) in [6.45, 7) is -0.625. The number of carbonyl (C=O) groups is 1. The van der Waals surface area contributed by atoms with Crippen molar-refractivity contribution in [3.05, 3.63) is 29.8 Å². The summed E-state index contributed by atoms with van der Waals surface area (Å²) in [6, 6.07) is 6.74. The molecule has 0 saturated heterocycles. The number of hydrogen-bond donors (Lipinski definition) is 1. The molecule has 1 fully saturated rings. The standard InChI is InChI=1S/C13H14F2O3/c14-11(15)8-18-10-3-1-9(2-4-10)13(5-6-13)7-12(16)17/h1-4,11H,5-8H2,(H,16,17). The number of aliphatic carboxylic acids is 1. The largest absolute Gasteiger partial charge is 0.488 e. The Labute approximate surface area is 103 Å². The summed E-state index contributed by atoms with van der Waals surface area (Å²) >= 11 is 0. The van der Waals surface area contributed by atoms with Gasteiger partial charge in [-0.05, 0) is 30.5 Å². The molecule has 1 aliphatic rings. The van der Waals surface area contributed by atoms with E-state index in [0.717, 1.165) is 18.4 Å². The molecule has 0 heterocycles. The zero-order valence-electron chi connectivity index (χ0n) is 9.73. The lowest BCUT2D eigenvalue weighted by molar-refractivity contribution is -0.137. The van der Waals surface area contributed by atoms with Crippen molar-refractivity contribution in [1.82, 2.24) is 0 Å². The van der Waals surface area contributed by atoms with Crippen LogP contribution in [0.3, 0.4) is 0 Å². The SMILES string of the molecule is O=C(O)CC1(c2ccc(OCC(F)F)cc2)CC1. The van der Waals surface area contributed by atoms with E-state index in [1.807, 2.05) is 0 Å². The molecule has 18 heavy (non-hydrogen) atoms. The van der Waals surface area contributed by atoms with Crippen LogP contribution in [0.4, 0.5) is 8.78 Å². The van der Waals surface area contributed by atoms with Crippen molar-refractivity contribution < 1.29 is 23.4 Å². The van der Waals surface area contributed by atoms with Gasteiger partial charge in [-0.2, -0.15) is 0 Å². The van der Waals surface area contributed by atoms with Crippen molar-refractivity contribution >= 4 is 5.97 Å². The van der Waals surface area contributed by atoms with Crippen LogP contribution < -0.4 is 4.74 Å². The van der Waals surface area contributed by atoms with Gasteiger partial charge in [0.2, 0.25) is 0 Å². The van der Waals surface area contributed by atoms with Crippen LogP contribution in [0.1, 0.15) is 24.8 Å². The third kappa shape index (κ3) is 2.97. The van der Waals surface area contributed by atoms with Crippen molar-refractivity contribution in [3.8, 4) is 5.75 Å². The quantitative estimate of drug-likeness (QED) is 0.851. The summed E-state index contributed by atoms with van der Waals surface area (Å²) in [5.41, 5.74) is 0.682. The molecule has 1 aliphatic carbocycles. The minimum Gasteiger partial charge on any atom is -0.488 e. The van der Waals surface area contributed by atoms with Crippen LogP contribution >= 0.6 is 0 Å². The lowest BCUT2D eigenvalue weighted by Gasteiger charge is -2.13. The molecule has 5 heteroatoms. The second-order valence-electron chi connectivity index (χ2n) is 4.58. The highest BCUT2D eigenvalue weighted by atomic mass is 19.3. The van der Waals surface area contributed by atoms with Gasteiger partial charge in [-0.3, -0.25) is 4.79 Å². The molecule has 98 valence electrons. The molecule has 3 nitrogen and oxygen atoms in total. The number of rotatable bonds is 6. The Kier molecular flexibility index (Phi) is 3.50. The van der Waals surface area contributed by atoms with E-state index in [4.69, 9.17) is 9.84 Å². The summed E-state index contributed by atoms with van der Waals surface area (Å²) in [5.74, 6) is -0.435. The van der Waals surface area contributed by atoms with Crippen molar-refractivity contribution in [2.75, 3.05) is 6.61 Å². The Balaban J connectivity index is 2.01. The molecule has 2 rings (SSSR count). The van der Waals surface area contributed by atoms with Crippen LogP contribution in [0.25, 0.3) is 0 Å². The number of hydrogen-bond acceptors (Lipinski definition) is 2. The predicted octanol–water partition coefficient (Wildman–Crippen LogP) is 2.84. The second-order valence-corrected chi connectivity index (χ2v) is 4.58. The molecule has 1 saturated carbocycles. The number of ether oxygens (including phenoxy) is 1. The first-order chi connectivity index (χ1) is 8.52. The van der Waals surface area contributed by atoms with Gasteiger partial charge < -0.3 is 9.84 Å². The molecule has 0 aromatic heterocycles. The maximum absolute atomic E-state index is 12.0. The number of halogens is 2. The summed E-state index contributed by atoms with van der Waals surface area (Å²) in [7, 11) is 0. The van der Waals surface area contributed by atoms with Gasteiger partial charge in [-0.25, -0.2) is 8.78 Å². The van der Waals surface area contributed by atoms with E-state index in [2.05, 4.69) is 0 Å². The number of alkyl halides is 2. The lowest BCUT2D eigenvalue weighted by atomic mass is 9.92. The minimum absolute atomic E-state index is 0.115. The molecule has 0 bridgehead atoms. The van der Waals surface area contributed by atoms with E-state index in [0.29, 0.717) is 5.75 Å². The normalized spacial score (nSPS) is 16.6. The number of benzene rings is 1. The van der Waals surface area contributed by atoms with Gasteiger partial charge in [0.25, 0.3) is 6.43 Å². The van der Waals surface area contributed by atoms with Gasteiger partial charge in [0, 0.05) is 5.41 Å². The van der Waals surface area contributed by atoms with Gasteiger partial charge in [-0.1, -0.05) is 12.1 Å². The van der Waals surface area contributed by atoms with Crippen molar-refractivity contribution in [3.63, 3.8) is 0 Å². The fraction of sp³-hybridized carbons (Fsp3) is 0.462. The fourth-order valence-corrected chi connectivity index (χ4v) is 2.07. The molecule has 1 aromatic rings. The van der Waals surface area contributed by atoms with Crippen LogP contribution in [0.15, 0.2) is 24.3 Å². The topological polar surface area (TPSA) is 46.5 Å². The molecule has 0 amide bonds. The molecule has 0 radical (unpaired) electrons. The van der Waals surface area contributed by atoms with Crippen molar-refractivity contribution in [2.24, 2.45) is 0 Å². The third-order valence-corrected chi connectivity index (χ3v) is 3.19. The molecule has 0 unspecified atom stereocenters. The van der Waals surface area contributed by atoms with Gasteiger partial charge in [-0.15, -0.1) is 0 Å². The summed E-state index contributed by atoms with van der Waals surface area (Å²) in [4.78, 5) is 10.8. The zero-order chi connectivity index (χ0) is 13.2. The Morgan fingerprint density at radius 2 is 1.94 bits per heavy atom. The molecular formula is C13H14F2O3. The first kappa shape index (κ1) is 12.8. The molecule has 0 spiro atoms. The van der Waals surface area contributed by atoms with Crippen LogP contribution in [-0.2, 0) is 10.2 Å². The smallest absolute Gasteiger partial charge is 0.304 e. The highest BCUT2D eigenvalue weighted by Gasteiger charge is 2.45. The van der Waals surface area contributed by atoms with E-state index in [9.17, 15) is 13.6 Å². The third-order valence-electron chi connectivity index (χ3n) is 3.19. The lowest BCUT2D eigenvalue weighted by Crippen LogP contribution is -2.13. The molecule has 1 N–H and O–H groups in total. The monoisotopic (exact) mass is 256 g/mol. The fourth-order valence-electron chi connectivity index (χ4n) is 2.07. The zero-order valence-corrected chi connectivity index (χ0v) is 9.73. The second kappa shape index (κ2) is 4.92. The summed E-state index contributed by atoms with van der Waals surface area (Å²) < 4.78 is 28.8. The Bertz CT molecular complexity index is 424. The highest BCUT2D eigenvalue weighted by Crippen LogP contribution is 2.51. The number of carboxylic acids is 1. The van der Waals surface area contributed by atoms with Gasteiger partial charge in [0.05, 0.1) is 6.42 Å². The summed E-state index contributed by atoms with van der Waals surface area (Å²) in [5, 5.41) is 8.84. The van der Waals surface area contributed by atoms with E-state index in [-0.39, 0.29) is 11.8 Å². The first-order valence-corrected chi connectivity index (χ1v) is 5.75. The molecule has 0 atom stereocenters. The van der Waals surface area contributed by atoms with E-state index in [1.165, 1.54) is 0 Å². The van der Waals surface area contributed by atoms with Gasteiger partial charge in [0.1, 0.15) is 12.4 Å². The minimum atomic E-state index is -2.49. The van der Waals surface area contributed by atoms with Crippen molar-refractivity contribution in [1.29, 1.82) is 0 Å². The van der Waals surface area contributed by atoms with Crippen molar-refractivity contribution in [2.45, 2.75) is 31.1 Å². The number of carboxylic acid groups (broad SMARTS) is 1. The van der Waals surface area contributed by atoms with Crippen LogP contribution in [-0.4, -0.2) is 24.1 Å². The van der Waals surface area contributed by atoms with Crippen LogP contribution in [0, 0.1) is 0 Å². The average molecular weight is 256 g/mol. The molecule has 0 aliphatic heterocycles. The molecular weight excluding hydrogens is 242 g/mol. The van der Waals surface area contributed by atoms with Crippen LogP contribution in [0.2, 0.25) is 0 Å². The predicted molar refractivity (Wildman–Crippen MR) is 61.1 cm³/mol. The van der Waals surface area contributed by atoms with E-state index < -0.39 is 19.0 Å². The van der Waals surface area contributed by atoms with E-state index in [1.54, 1.807) is 24.3 Å². The highest BCUT2D eigenvalue weighted by molar-refractivity contribution is 5.70. The molecule has 1 aromatic carbocycles. The first-order valence-electron chi connectivity index (χ1n) is 5.75. The Morgan fingerprint density at radius 1 is 1.33 bits per heavy atom.